The molecule has 1 amide bonds. The van der Waals surface area contributed by atoms with Gasteiger partial charge in [-0.2, -0.15) is 0 Å². The number of nitrogens with one attached hydrogen (secondary N) is 1. The highest BCUT2D eigenvalue weighted by molar-refractivity contribution is 9.10. The molecular weight excluding hydrogens is 342 g/mol. The van der Waals surface area contributed by atoms with Gasteiger partial charge in [0.05, 0.1) is 7.11 Å². The van der Waals surface area contributed by atoms with Crippen LogP contribution in [-0.4, -0.2) is 13.0 Å². The van der Waals surface area contributed by atoms with E-state index in [0.29, 0.717) is 0 Å². The third kappa shape index (κ3) is 3.98. The number of halogens is 1. The molecule has 0 aliphatic rings. The van der Waals surface area contributed by atoms with Gasteiger partial charge >= 0.3 is 0 Å². The van der Waals surface area contributed by atoms with Crippen molar-refractivity contribution in [2.75, 3.05) is 12.4 Å². The number of benzene rings is 2. The van der Waals surface area contributed by atoms with Crippen LogP contribution in [-0.2, 0) is 4.79 Å². The summed E-state index contributed by atoms with van der Waals surface area (Å²) in [6.07, 6.45) is 3.32. The third-order valence-corrected chi connectivity index (χ3v) is 4.23. The zero-order valence-electron chi connectivity index (χ0n) is 12.8. The van der Waals surface area contributed by atoms with Crippen molar-refractivity contribution in [3.63, 3.8) is 0 Å². The van der Waals surface area contributed by atoms with E-state index in [1.807, 2.05) is 50.2 Å². The molecule has 0 bridgehead atoms. The van der Waals surface area contributed by atoms with Crippen LogP contribution >= 0.6 is 15.9 Å². The summed E-state index contributed by atoms with van der Waals surface area (Å²) in [5.74, 6) is 0.682. The van der Waals surface area contributed by atoms with Crippen LogP contribution in [0.25, 0.3) is 6.08 Å². The van der Waals surface area contributed by atoms with Gasteiger partial charge < -0.3 is 10.1 Å². The lowest BCUT2D eigenvalue weighted by Gasteiger charge is -2.08. The monoisotopic (exact) mass is 359 g/mol. The van der Waals surface area contributed by atoms with E-state index in [1.54, 1.807) is 13.2 Å². The predicted molar refractivity (Wildman–Crippen MR) is 94.3 cm³/mol. The second-order valence-electron chi connectivity index (χ2n) is 4.96. The lowest BCUT2D eigenvalue weighted by atomic mass is 10.1. The van der Waals surface area contributed by atoms with Gasteiger partial charge in [0.25, 0.3) is 0 Å². The van der Waals surface area contributed by atoms with Crippen molar-refractivity contribution in [2.24, 2.45) is 0 Å². The van der Waals surface area contributed by atoms with Crippen LogP contribution in [0.15, 0.2) is 46.9 Å². The van der Waals surface area contributed by atoms with Crippen molar-refractivity contribution in [2.45, 2.75) is 13.8 Å². The highest BCUT2D eigenvalue weighted by atomic mass is 79.9. The summed E-state index contributed by atoms with van der Waals surface area (Å²) < 4.78 is 6.19. The number of carbonyl (C=O) groups excluding carboxylic acids is 1. The fraction of sp³-hybridized carbons (Fsp3) is 0.167. The minimum atomic E-state index is -0.158. The van der Waals surface area contributed by atoms with E-state index in [0.717, 1.165) is 32.6 Å². The topological polar surface area (TPSA) is 38.3 Å². The van der Waals surface area contributed by atoms with E-state index in [-0.39, 0.29) is 5.91 Å². The molecule has 0 atom stereocenters. The molecule has 2 aromatic carbocycles. The molecule has 0 fully saturated rings. The van der Waals surface area contributed by atoms with Crippen LogP contribution in [0.5, 0.6) is 5.75 Å². The Hall–Kier alpha value is -2.07. The number of hydrogen-bond donors (Lipinski definition) is 1. The summed E-state index contributed by atoms with van der Waals surface area (Å²) in [6.45, 7) is 3.93. The van der Waals surface area contributed by atoms with E-state index in [4.69, 9.17) is 4.74 Å². The largest absolute Gasteiger partial charge is 0.496 e. The molecule has 3 nitrogen and oxygen atoms in total. The maximum atomic E-state index is 12.0. The maximum absolute atomic E-state index is 12.0. The molecule has 22 heavy (non-hydrogen) atoms. The van der Waals surface area contributed by atoms with Gasteiger partial charge in [0.1, 0.15) is 5.75 Å². The van der Waals surface area contributed by atoms with Gasteiger partial charge in [-0.1, -0.05) is 28.1 Å². The molecule has 4 heteroatoms. The quantitative estimate of drug-likeness (QED) is 0.801. The molecular formula is C18H18BrNO2. The van der Waals surface area contributed by atoms with Gasteiger partial charge in [0.15, 0.2) is 0 Å². The Morgan fingerprint density at radius 1 is 1.23 bits per heavy atom. The van der Waals surface area contributed by atoms with Gasteiger partial charge in [0.2, 0.25) is 5.91 Å². The molecule has 2 aromatic rings. The average molecular weight is 360 g/mol. The Balaban J connectivity index is 2.08. The van der Waals surface area contributed by atoms with Crippen LogP contribution < -0.4 is 10.1 Å². The van der Waals surface area contributed by atoms with E-state index >= 15 is 0 Å². The van der Waals surface area contributed by atoms with Gasteiger partial charge in [-0.05, 0) is 60.9 Å². The van der Waals surface area contributed by atoms with Crippen LogP contribution in [0.4, 0.5) is 5.69 Å². The van der Waals surface area contributed by atoms with E-state index < -0.39 is 0 Å². The first kappa shape index (κ1) is 16.3. The number of aryl methyl sites for hydroxylation is 1. The number of carbonyl (C=O) groups is 1. The number of rotatable bonds is 4. The summed E-state index contributed by atoms with van der Waals surface area (Å²) in [7, 11) is 1.64. The summed E-state index contributed by atoms with van der Waals surface area (Å²) in [5.41, 5.74) is 3.80. The fourth-order valence-electron chi connectivity index (χ4n) is 2.09. The molecule has 0 saturated heterocycles. The first-order valence-electron chi connectivity index (χ1n) is 6.90. The standard InChI is InChI=1S/C18H18BrNO2/c1-12-11-14(7-9-17(12)22-3)8-10-18(21)20-16-6-4-5-15(19)13(16)2/h4-11H,1-3H3,(H,20,21). The zero-order chi connectivity index (χ0) is 16.1. The number of ether oxygens (including phenoxy) is 1. The molecule has 0 heterocycles. The van der Waals surface area contributed by atoms with Crippen LogP contribution in [0, 0.1) is 13.8 Å². The molecule has 114 valence electrons. The van der Waals surface area contributed by atoms with Crippen molar-refractivity contribution in [3.05, 3.63) is 63.6 Å². The molecule has 0 aromatic heterocycles. The summed E-state index contributed by atoms with van der Waals surface area (Å²) in [5, 5.41) is 2.88. The molecule has 2 rings (SSSR count). The molecule has 0 aliphatic carbocycles. The highest BCUT2D eigenvalue weighted by Crippen LogP contribution is 2.23. The maximum Gasteiger partial charge on any atom is 0.248 e. The van der Waals surface area contributed by atoms with E-state index in [9.17, 15) is 4.79 Å². The first-order chi connectivity index (χ1) is 10.5. The summed E-state index contributed by atoms with van der Waals surface area (Å²) in [6, 6.07) is 11.5. The lowest BCUT2D eigenvalue weighted by molar-refractivity contribution is -0.111. The average Bonchev–Trinajstić information content (AvgIpc) is 2.50. The zero-order valence-corrected chi connectivity index (χ0v) is 14.4. The van der Waals surface area contributed by atoms with Gasteiger partial charge in [-0.15, -0.1) is 0 Å². The van der Waals surface area contributed by atoms with Crippen LogP contribution in [0.3, 0.4) is 0 Å². The minimum absolute atomic E-state index is 0.158. The Kier molecular flexibility index (Phi) is 5.39. The number of anilines is 1. The molecule has 0 spiro atoms. The normalized spacial score (nSPS) is 10.7. The SMILES string of the molecule is COc1ccc(C=CC(=O)Nc2cccc(Br)c2C)cc1C. The van der Waals surface area contributed by atoms with Crippen molar-refractivity contribution >= 4 is 33.6 Å². The number of amides is 1. The van der Waals surface area contributed by atoms with Crippen LogP contribution in [0.1, 0.15) is 16.7 Å². The van der Waals surface area contributed by atoms with Crippen molar-refractivity contribution in [1.82, 2.24) is 0 Å². The van der Waals surface area contributed by atoms with Crippen molar-refractivity contribution < 1.29 is 9.53 Å². The Labute approximate surface area is 139 Å². The minimum Gasteiger partial charge on any atom is -0.496 e. The van der Waals surface area contributed by atoms with Crippen molar-refractivity contribution in [3.8, 4) is 5.75 Å². The second kappa shape index (κ2) is 7.27. The van der Waals surface area contributed by atoms with Crippen LogP contribution in [0.2, 0.25) is 0 Å². The Morgan fingerprint density at radius 3 is 2.68 bits per heavy atom. The number of methoxy groups -OCH3 is 1. The van der Waals surface area contributed by atoms with Crippen molar-refractivity contribution in [1.29, 1.82) is 0 Å². The highest BCUT2D eigenvalue weighted by Gasteiger charge is 2.04. The molecule has 0 saturated carbocycles. The first-order valence-corrected chi connectivity index (χ1v) is 7.69. The van der Waals surface area contributed by atoms with E-state index in [1.165, 1.54) is 6.08 Å². The molecule has 0 radical (unpaired) electrons. The third-order valence-electron chi connectivity index (χ3n) is 3.37. The summed E-state index contributed by atoms with van der Waals surface area (Å²) in [4.78, 5) is 12.0. The van der Waals surface area contributed by atoms with E-state index in [2.05, 4.69) is 21.2 Å². The summed E-state index contributed by atoms with van der Waals surface area (Å²) >= 11 is 3.45. The predicted octanol–water partition coefficient (Wildman–Crippen LogP) is 4.73. The molecule has 0 aliphatic heterocycles. The number of hydrogen-bond acceptors (Lipinski definition) is 2. The Morgan fingerprint density at radius 2 is 2.00 bits per heavy atom. The van der Waals surface area contributed by atoms with Gasteiger partial charge in [-0.3, -0.25) is 4.79 Å². The van der Waals surface area contributed by atoms with Gasteiger partial charge in [0, 0.05) is 16.2 Å². The lowest BCUT2D eigenvalue weighted by Crippen LogP contribution is -2.09. The molecule has 0 unspecified atom stereocenters. The smallest absolute Gasteiger partial charge is 0.248 e. The molecule has 1 N–H and O–H groups in total. The second-order valence-corrected chi connectivity index (χ2v) is 5.82. The fourth-order valence-corrected chi connectivity index (χ4v) is 2.46. The van der Waals surface area contributed by atoms with Gasteiger partial charge in [-0.25, -0.2) is 0 Å². The Bertz CT molecular complexity index is 723.